The lowest BCUT2D eigenvalue weighted by atomic mass is 9.41. The topological polar surface area (TPSA) is 57.5 Å². The van der Waals surface area contributed by atoms with Gasteiger partial charge in [0.25, 0.3) is 0 Å². The smallest absolute Gasteiger partial charge is 0.310 e. The van der Waals surface area contributed by atoms with Crippen LogP contribution in [0.5, 0.6) is 0 Å². The van der Waals surface area contributed by atoms with Gasteiger partial charge in [0.2, 0.25) is 0 Å². The zero-order valence-electron chi connectivity index (χ0n) is 24.5. The molecule has 1 aromatic carbocycles. The second-order valence-electron chi connectivity index (χ2n) is 14.3. The largest absolute Gasteiger partial charge is 0.481 e. The van der Waals surface area contributed by atoms with Crippen molar-refractivity contribution >= 4 is 12.0 Å². The Labute approximate surface area is 231 Å². The molecule has 0 saturated heterocycles. The molecule has 4 saturated carbocycles. The van der Waals surface area contributed by atoms with Crippen molar-refractivity contribution in [2.24, 2.45) is 52.3 Å². The Bertz CT molecular complexity index is 1010. The molecule has 4 aliphatic rings. The quantitative estimate of drug-likeness (QED) is 0.378. The van der Waals surface area contributed by atoms with Crippen molar-refractivity contribution < 1.29 is 15.0 Å². The van der Waals surface area contributed by atoms with Crippen molar-refractivity contribution in [3.63, 3.8) is 0 Å². The van der Waals surface area contributed by atoms with Crippen LogP contribution < -0.4 is 0 Å². The molecule has 0 heterocycles. The lowest BCUT2D eigenvalue weighted by Gasteiger charge is -2.64. The van der Waals surface area contributed by atoms with Crippen molar-refractivity contribution in [2.75, 3.05) is 0 Å². The fourth-order valence-electron chi connectivity index (χ4n) is 10.6. The summed E-state index contributed by atoms with van der Waals surface area (Å²) in [6.07, 6.45) is 17.4. The maximum absolute atomic E-state index is 11.9. The highest BCUT2D eigenvalue weighted by molar-refractivity contribution is 5.75. The molecule has 3 nitrogen and oxygen atoms in total. The van der Waals surface area contributed by atoms with Gasteiger partial charge in [-0.2, -0.15) is 0 Å². The predicted octanol–water partition coefficient (Wildman–Crippen LogP) is 8.57. The van der Waals surface area contributed by atoms with E-state index in [4.69, 9.17) is 0 Å². The van der Waals surface area contributed by atoms with Crippen LogP contribution in [0.2, 0.25) is 0 Å². The van der Waals surface area contributed by atoms with E-state index < -0.39 is 11.9 Å². The van der Waals surface area contributed by atoms with Gasteiger partial charge in [-0.25, -0.2) is 0 Å². The number of carboxylic acids is 1. The van der Waals surface area contributed by atoms with E-state index in [1.807, 2.05) is 24.3 Å². The van der Waals surface area contributed by atoms with E-state index in [2.05, 4.69) is 39.8 Å². The van der Waals surface area contributed by atoms with Crippen LogP contribution in [0.15, 0.2) is 30.3 Å². The lowest BCUT2D eigenvalue weighted by molar-refractivity contribution is -0.194. The van der Waals surface area contributed by atoms with Crippen molar-refractivity contribution in [1.82, 2.24) is 0 Å². The lowest BCUT2D eigenvalue weighted by Crippen LogP contribution is -2.61. The predicted molar refractivity (Wildman–Crippen MR) is 156 cm³/mol. The summed E-state index contributed by atoms with van der Waals surface area (Å²) in [7, 11) is 0. The van der Waals surface area contributed by atoms with Gasteiger partial charge < -0.3 is 10.2 Å². The third-order valence-electron chi connectivity index (χ3n) is 12.7. The number of hydrogen-bond acceptors (Lipinski definition) is 2. The molecule has 38 heavy (non-hydrogen) atoms. The normalized spacial score (nSPS) is 42.2. The third-order valence-corrected chi connectivity index (χ3v) is 12.7. The van der Waals surface area contributed by atoms with Gasteiger partial charge in [0.1, 0.15) is 0 Å². The molecule has 0 amide bonds. The number of carbonyl (C=O) groups is 1. The Morgan fingerprint density at radius 1 is 0.974 bits per heavy atom. The van der Waals surface area contributed by atoms with Gasteiger partial charge in [-0.3, -0.25) is 4.79 Å². The molecular weight excluding hydrogens is 468 g/mol. The van der Waals surface area contributed by atoms with Crippen molar-refractivity contribution in [2.45, 2.75) is 111 Å². The van der Waals surface area contributed by atoms with Crippen LogP contribution >= 0.6 is 0 Å². The number of rotatable bonds is 7. The Hall–Kier alpha value is -1.61. The summed E-state index contributed by atoms with van der Waals surface area (Å²) in [5.74, 6) is 3.20. The van der Waals surface area contributed by atoms with Crippen molar-refractivity contribution in [3.05, 3.63) is 41.5 Å². The number of aliphatic hydroxyl groups is 1. The van der Waals surface area contributed by atoms with E-state index in [1.165, 1.54) is 51.4 Å². The third kappa shape index (κ3) is 4.59. The van der Waals surface area contributed by atoms with Crippen LogP contribution in [0.25, 0.3) is 6.08 Å². The average molecular weight is 521 g/mol. The summed E-state index contributed by atoms with van der Waals surface area (Å²) in [5.41, 5.74) is 2.78. The monoisotopic (exact) mass is 520 g/mol. The molecule has 11 atom stereocenters. The number of carboxylic acid groups (broad SMARTS) is 1. The summed E-state index contributed by atoms with van der Waals surface area (Å²) < 4.78 is 0. The zero-order valence-corrected chi connectivity index (χ0v) is 24.5. The number of hydrogen-bond donors (Lipinski definition) is 2. The highest BCUT2D eigenvalue weighted by Crippen LogP contribution is 2.69. The molecule has 5 unspecified atom stereocenters. The minimum atomic E-state index is -0.780. The maximum atomic E-state index is 11.9. The number of fused-ring (bicyclic) bond motifs is 5. The molecule has 3 heteroatoms. The Morgan fingerprint density at radius 3 is 2.37 bits per heavy atom. The molecular formula is C35H52O3. The first-order chi connectivity index (χ1) is 18.1. The van der Waals surface area contributed by atoms with Crippen LogP contribution in [0.3, 0.4) is 0 Å². The molecule has 5 rings (SSSR count). The number of aliphatic hydroxyl groups excluding tert-OH is 1. The zero-order chi connectivity index (χ0) is 27.2. The summed E-state index contributed by atoms with van der Waals surface area (Å²) in [6, 6.07) is 7.97. The fourth-order valence-corrected chi connectivity index (χ4v) is 10.6. The molecule has 210 valence electrons. The summed E-state index contributed by atoms with van der Waals surface area (Å²) in [4.78, 5) is 11.3. The van der Waals surface area contributed by atoms with Crippen LogP contribution in [-0.2, 0) is 4.79 Å². The molecule has 0 radical (unpaired) electrons. The highest BCUT2D eigenvalue weighted by Gasteiger charge is 2.64. The number of benzene rings is 1. The molecule has 0 spiro atoms. The molecule has 1 aromatic rings. The van der Waals surface area contributed by atoms with E-state index in [9.17, 15) is 15.0 Å². The molecule has 0 bridgehead atoms. The van der Waals surface area contributed by atoms with E-state index in [0.29, 0.717) is 40.4 Å². The highest BCUT2D eigenvalue weighted by atomic mass is 16.4. The standard InChI is InChI=1S/C35H52O3/c1-6-26-28-12-7-8-20-34(28,4)30-19-21-35(5)27(17-18-29(35)31(30)32(26)36)22(2)10-9-11-24-13-15-25(16-14-24)23(3)33(37)38/h9,11,13-16,22-23,26-32,36H,6-8,10,12,17-21H2,1-5H3,(H,37,38)/b11-9+/t22-,23?,26-,27?,28+,29?,30?,31?,32-,34+,35-/m1/s1. The van der Waals surface area contributed by atoms with Gasteiger partial charge in [0.05, 0.1) is 12.0 Å². The first-order valence-electron chi connectivity index (χ1n) is 15.8. The second-order valence-corrected chi connectivity index (χ2v) is 14.3. The summed E-state index contributed by atoms with van der Waals surface area (Å²) in [5, 5.41) is 21.2. The molecule has 0 aliphatic heterocycles. The summed E-state index contributed by atoms with van der Waals surface area (Å²) in [6.45, 7) is 11.7. The maximum Gasteiger partial charge on any atom is 0.310 e. The van der Waals surface area contributed by atoms with Crippen molar-refractivity contribution in [3.8, 4) is 0 Å². The Kier molecular flexibility index (Phi) is 7.91. The van der Waals surface area contributed by atoms with Crippen LogP contribution in [-0.4, -0.2) is 22.3 Å². The van der Waals surface area contributed by atoms with E-state index in [-0.39, 0.29) is 6.10 Å². The number of allylic oxidation sites excluding steroid dienone is 1. The molecule has 4 fully saturated rings. The van der Waals surface area contributed by atoms with Gasteiger partial charge in [-0.05, 0) is 115 Å². The minimum Gasteiger partial charge on any atom is -0.481 e. The minimum absolute atomic E-state index is 0.105. The van der Waals surface area contributed by atoms with Crippen molar-refractivity contribution in [1.29, 1.82) is 0 Å². The Balaban J connectivity index is 1.28. The first kappa shape index (κ1) is 27.9. The average Bonchev–Trinajstić information content (AvgIpc) is 3.26. The van der Waals surface area contributed by atoms with E-state index in [1.54, 1.807) is 6.92 Å². The van der Waals surface area contributed by atoms with Crippen LogP contribution in [0, 0.1) is 52.3 Å². The van der Waals surface area contributed by atoms with Gasteiger partial charge in [0, 0.05) is 0 Å². The SMILES string of the molecule is CC[C@H]1[C@@H](O)C2C3CCC([C@H](C)C/C=C/c4ccc(C(C)C(=O)O)cc4)[C@@]3(C)CCC2[C@@]2(C)CCCC[C@@H]12. The van der Waals surface area contributed by atoms with E-state index >= 15 is 0 Å². The second kappa shape index (κ2) is 10.8. The van der Waals surface area contributed by atoms with Gasteiger partial charge in [0.15, 0.2) is 0 Å². The van der Waals surface area contributed by atoms with Gasteiger partial charge in [-0.15, -0.1) is 0 Å². The van der Waals surface area contributed by atoms with Gasteiger partial charge in [-0.1, -0.05) is 83.4 Å². The molecule has 4 aliphatic carbocycles. The van der Waals surface area contributed by atoms with Crippen LogP contribution in [0.1, 0.15) is 116 Å². The van der Waals surface area contributed by atoms with Crippen LogP contribution in [0.4, 0.5) is 0 Å². The van der Waals surface area contributed by atoms with Gasteiger partial charge >= 0.3 is 5.97 Å². The van der Waals surface area contributed by atoms with E-state index in [0.717, 1.165) is 35.8 Å². The first-order valence-corrected chi connectivity index (χ1v) is 15.8. The summed E-state index contributed by atoms with van der Waals surface area (Å²) >= 11 is 0. The molecule has 0 aromatic heterocycles. The number of aliphatic carboxylic acids is 1. The molecule has 2 N–H and O–H groups in total. The fraction of sp³-hybridized carbons (Fsp3) is 0.743. The Morgan fingerprint density at radius 2 is 1.68 bits per heavy atom.